The topological polar surface area (TPSA) is 113 Å². The quantitative estimate of drug-likeness (QED) is 0.654. The summed E-state index contributed by atoms with van der Waals surface area (Å²) in [4.78, 5) is 28.9. The Morgan fingerprint density at radius 2 is 2.26 bits per heavy atom. The number of para-hydroxylation sites is 1. The minimum atomic E-state index is -0.717. The maximum atomic E-state index is 12.7. The second-order valence-electron chi connectivity index (χ2n) is 5.39. The summed E-state index contributed by atoms with van der Waals surface area (Å²) in [6, 6.07) is 5.46. The molecule has 0 unspecified atom stereocenters. The van der Waals surface area contributed by atoms with Crippen LogP contribution in [0.1, 0.15) is 22.3 Å². The number of benzene rings is 1. The molecular formula is C15H13N5O3. The van der Waals surface area contributed by atoms with Crippen LogP contribution in [0.25, 0.3) is 10.9 Å². The van der Waals surface area contributed by atoms with Crippen molar-refractivity contribution in [2.75, 3.05) is 5.32 Å². The number of carbonyl (C=O) groups excluding carboxylic acids is 1. The van der Waals surface area contributed by atoms with Crippen LogP contribution >= 0.6 is 0 Å². The Morgan fingerprint density at radius 3 is 3.04 bits per heavy atom. The first-order valence-corrected chi connectivity index (χ1v) is 7.21. The van der Waals surface area contributed by atoms with E-state index in [1.807, 2.05) is 12.1 Å². The van der Waals surface area contributed by atoms with E-state index in [2.05, 4.69) is 20.5 Å². The van der Waals surface area contributed by atoms with Crippen molar-refractivity contribution in [1.29, 1.82) is 0 Å². The van der Waals surface area contributed by atoms with Crippen LogP contribution in [0.3, 0.4) is 0 Å². The highest BCUT2D eigenvalue weighted by Gasteiger charge is 2.25. The predicted octanol–water partition coefficient (Wildman–Crippen LogP) is 1.02. The van der Waals surface area contributed by atoms with Gasteiger partial charge in [-0.1, -0.05) is 12.1 Å². The third kappa shape index (κ3) is 1.99. The first-order chi connectivity index (χ1) is 11.2. The monoisotopic (exact) mass is 311 g/mol. The average molecular weight is 311 g/mol. The molecule has 1 aromatic carbocycles. The number of amides is 1. The zero-order valence-corrected chi connectivity index (χ0v) is 12.0. The number of aromatic nitrogens is 4. The van der Waals surface area contributed by atoms with Crippen molar-refractivity contribution in [3.63, 3.8) is 0 Å². The summed E-state index contributed by atoms with van der Waals surface area (Å²) in [6.45, 7) is 0.523. The van der Waals surface area contributed by atoms with Crippen molar-refractivity contribution in [2.24, 2.45) is 0 Å². The molecule has 0 radical (unpaired) electrons. The summed E-state index contributed by atoms with van der Waals surface area (Å²) in [5.74, 6) is -0.908. The van der Waals surface area contributed by atoms with Crippen molar-refractivity contribution < 1.29 is 9.90 Å². The predicted molar refractivity (Wildman–Crippen MR) is 82.5 cm³/mol. The van der Waals surface area contributed by atoms with Gasteiger partial charge in [-0.25, -0.2) is 5.10 Å². The minimum Gasteiger partial charge on any atom is -0.506 e. The Morgan fingerprint density at radius 1 is 1.39 bits per heavy atom. The number of aromatic amines is 1. The van der Waals surface area contributed by atoms with Crippen LogP contribution in [0.5, 0.6) is 5.75 Å². The highest BCUT2D eigenvalue weighted by molar-refractivity contribution is 6.08. The van der Waals surface area contributed by atoms with Gasteiger partial charge in [0.15, 0.2) is 0 Å². The van der Waals surface area contributed by atoms with Crippen LogP contribution < -0.4 is 10.9 Å². The third-order valence-corrected chi connectivity index (χ3v) is 4.04. The second-order valence-corrected chi connectivity index (χ2v) is 5.39. The Balaban J connectivity index is 1.94. The number of nitrogens with zero attached hydrogens (tertiary/aromatic N) is 3. The fraction of sp³-hybridized carbons (Fsp3) is 0.200. The number of hydrogen-bond acceptors (Lipinski definition) is 5. The normalized spacial score (nSPS) is 13.2. The van der Waals surface area contributed by atoms with Gasteiger partial charge in [-0.15, -0.1) is 0 Å². The number of anilines is 1. The smallest absolute Gasteiger partial charge is 0.267 e. The van der Waals surface area contributed by atoms with Gasteiger partial charge in [0.05, 0.1) is 5.52 Å². The van der Waals surface area contributed by atoms with Crippen molar-refractivity contribution in [1.82, 2.24) is 19.7 Å². The number of hydrogen-bond donors (Lipinski definition) is 3. The van der Waals surface area contributed by atoms with Gasteiger partial charge >= 0.3 is 0 Å². The molecule has 0 spiro atoms. The number of aryl methyl sites for hydroxylation is 2. The van der Waals surface area contributed by atoms with Crippen LogP contribution in [0.15, 0.2) is 29.3 Å². The summed E-state index contributed by atoms with van der Waals surface area (Å²) in [5, 5.41) is 19.5. The lowest BCUT2D eigenvalue weighted by molar-refractivity contribution is 0.102. The maximum Gasteiger partial charge on any atom is 0.267 e. The molecule has 0 saturated carbocycles. The van der Waals surface area contributed by atoms with Crippen molar-refractivity contribution >= 4 is 22.8 Å². The zero-order chi connectivity index (χ0) is 16.0. The zero-order valence-electron chi connectivity index (χ0n) is 12.0. The number of H-pyrrole nitrogens is 1. The molecule has 8 heteroatoms. The van der Waals surface area contributed by atoms with Gasteiger partial charge in [0.2, 0.25) is 5.95 Å². The Labute approximate surface area is 129 Å². The Hall–Kier alpha value is -3.16. The standard InChI is InChI=1S/C15H13N5O3/c21-12-9-5-1-3-8-4-2-6-20(11(8)9)14(23)10(12)13(22)18-15-16-7-17-19-15/h1,3,5,7,21H,2,4,6H2,(H2,16,17,18,19,22). The maximum absolute atomic E-state index is 12.7. The SMILES string of the molecule is O=C(Nc1ncn[nH]1)c1c(O)c2cccc3c2n(c1=O)CCC3. The highest BCUT2D eigenvalue weighted by atomic mass is 16.3. The number of aromatic hydroxyl groups is 1. The van der Waals surface area contributed by atoms with Gasteiger partial charge < -0.3 is 9.67 Å². The molecule has 0 fully saturated rings. The largest absolute Gasteiger partial charge is 0.506 e. The molecule has 0 saturated heterocycles. The van der Waals surface area contributed by atoms with Gasteiger partial charge in [-0.3, -0.25) is 14.9 Å². The van der Waals surface area contributed by atoms with E-state index in [-0.39, 0.29) is 17.3 Å². The molecule has 1 aliphatic heterocycles. The van der Waals surface area contributed by atoms with E-state index in [0.717, 1.165) is 18.4 Å². The molecule has 2 aromatic heterocycles. The molecular weight excluding hydrogens is 298 g/mol. The summed E-state index contributed by atoms with van der Waals surface area (Å²) >= 11 is 0. The first-order valence-electron chi connectivity index (χ1n) is 7.21. The first kappa shape index (κ1) is 13.5. The van der Waals surface area contributed by atoms with Crippen LogP contribution in [0.4, 0.5) is 5.95 Å². The molecule has 23 heavy (non-hydrogen) atoms. The molecule has 1 aliphatic rings. The lowest BCUT2D eigenvalue weighted by Crippen LogP contribution is -2.32. The molecule has 0 atom stereocenters. The molecule has 116 valence electrons. The molecule has 8 nitrogen and oxygen atoms in total. The van der Waals surface area contributed by atoms with Crippen LogP contribution in [0.2, 0.25) is 0 Å². The van der Waals surface area contributed by atoms with Crippen molar-refractivity contribution in [3.05, 3.63) is 46.0 Å². The van der Waals surface area contributed by atoms with Gasteiger partial charge in [0.1, 0.15) is 17.6 Å². The average Bonchev–Trinajstić information content (AvgIpc) is 3.05. The molecule has 3 heterocycles. The molecule has 3 N–H and O–H groups in total. The number of rotatable bonds is 2. The lowest BCUT2D eigenvalue weighted by Gasteiger charge is -2.21. The van der Waals surface area contributed by atoms with Crippen LogP contribution in [0, 0.1) is 0 Å². The van der Waals surface area contributed by atoms with E-state index >= 15 is 0 Å². The summed E-state index contributed by atoms with van der Waals surface area (Å²) < 4.78 is 1.56. The summed E-state index contributed by atoms with van der Waals surface area (Å²) in [5.41, 5.74) is 0.924. The number of nitrogens with one attached hydrogen (secondary N) is 2. The third-order valence-electron chi connectivity index (χ3n) is 4.04. The fourth-order valence-electron chi connectivity index (χ4n) is 3.06. The van der Waals surface area contributed by atoms with E-state index in [0.29, 0.717) is 17.4 Å². The van der Waals surface area contributed by atoms with E-state index < -0.39 is 11.5 Å². The van der Waals surface area contributed by atoms with E-state index in [4.69, 9.17) is 0 Å². The fourth-order valence-corrected chi connectivity index (χ4v) is 3.06. The Kier molecular flexibility index (Phi) is 2.90. The second kappa shape index (κ2) is 4.94. The van der Waals surface area contributed by atoms with E-state index in [1.54, 1.807) is 10.6 Å². The number of carbonyl (C=O) groups is 1. The van der Waals surface area contributed by atoms with Gasteiger partial charge in [0, 0.05) is 11.9 Å². The van der Waals surface area contributed by atoms with Gasteiger partial charge in [-0.05, 0) is 24.5 Å². The minimum absolute atomic E-state index is 0.112. The molecule has 0 bridgehead atoms. The highest BCUT2D eigenvalue weighted by Crippen LogP contribution is 2.31. The van der Waals surface area contributed by atoms with Crippen molar-refractivity contribution in [2.45, 2.75) is 19.4 Å². The van der Waals surface area contributed by atoms with E-state index in [9.17, 15) is 14.7 Å². The Bertz CT molecular complexity index is 975. The summed E-state index contributed by atoms with van der Waals surface area (Å²) in [6.07, 6.45) is 2.90. The van der Waals surface area contributed by atoms with Gasteiger partial charge in [-0.2, -0.15) is 10.1 Å². The molecule has 4 rings (SSSR count). The molecule has 1 amide bonds. The van der Waals surface area contributed by atoms with Crippen molar-refractivity contribution in [3.8, 4) is 5.75 Å². The van der Waals surface area contributed by atoms with Crippen LogP contribution in [-0.2, 0) is 13.0 Å². The van der Waals surface area contributed by atoms with Gasteiger partial charge in [0.25, 0.3) is 11.5 Å². The van der Waals surface area contributed by atoms with E-state index in [1.165, 1.54) is 6.33 Å². The molecule has 3 aromatic rings. The summed E-state index contributed by atoms with van der Waals surface area (Å²) in [7, 11) is 0. The number of pyridine rings is 1. The molecule has 0 aliphatic carbocycles. The van der Waals surface area contributed by atoms with Crippen LogP contribution in [-0.4, -0.2) is 30.8 Å². The lowest BCUT2D eigenvalue weighted by atomic mass is 9.99.